The molecular weight excluding hydrogens is 332 g/mol. The summed E-state index contributed by atoms with van der Waals surface area (Å²) in [5, 5.41) is 3.98. The Bertz CT molecular complexity index is 318. The molecule has 0 aliphatic rings. The predicted octanol–water partition coefficient (Wildman–Crippen LogP) is 0.460. The van der Waals surface area contributed by atoms with Crippen molar-refractivity contribution in [2.75, 3.05) is 0 Å². The smallest absolute Gasteiger partial charge is 0.110 e. The van der Waals surface area contributed by atoms with Crippen LogP contribution in [0.2, 0.25) is 0 Å². The van der Waals surface area contributed by atoms with Crippen molar-refractivity contribution in [3.8, 4) is 5.82 Å². The molecular formula is C7H5IrN4-. The molecule has 0 aliphatic heterocycles. The average Bonchev–Trinajstić information content (AvgIpc) is 2.58. The first-order chi connectivity index (χ1) is 5.47. The zero-order chi connectivity index (χ0) is 7.52. The summed E-state index contributed by atoms with van der Waals surface area (Å²) in [6, 6.07) is 4.68. The van der Waals surface area contributed by atoms with Gasteiger partial charge in [0, 0.05) is 32.5 Å². The molecule has 0 aromatic carbocycles. The number of aromatic nitrogens is 4. The Morgan fingerprint density at radius 1 is 1.42 bits per heavy atom. The molecule has 0 aliphatic carbocycles. The summed E-state index contributed by atoms with van der Waals surface area (Å²) >= 11 is 0. The first-order valence-corrected chi connectivity index (χ1v) is 3.14. The van der Waals surface area contributed by atoms with E-state index in [0.717, 1.165) is 0 Å². The molecule has 2 heterocycles. The molecule has 12 heavy (non-hydrogen) atoms. The average molecular weight is 337 g/mol. The van der Waals surface area contributed by atoms with E-state index in [2.05, 4.69) is 21.1 Å². The third kappa shape index (κ3) is 1.75. The van der Waals surface area contributed by atoms with Gasteiger partial charge in [0.15, 0.2) is 0 Å². The topological polar surface area (TPSA) is 43.6 Å². The Labute approximate surface area is 83.0 Å². The molecule has 0 atom stereocenters. The maximum Gasteiger partial charge on any atom is 0.110 e. The van der Waals surface area contributed by atoms with Gasteiger partial charge in [0.2, 0.25) is 0 Å². The summed E-state index contributed by atoms with van der Waals surface area (Å²) in [5.41, 5.74) is 0. The summed E-state index contributed by atoms with van der Waals surface area (Å²) in [6.45, 7) is 0. The maximum atomic E-state index is 3.98. The van der Waals surface area contributed by atoms with Gasteiger partial charge in [-0.1, -0.05) is 0 Å². The minimum atomic E-state index is 0. The van der Waals surface area contributed by atoms with Crippen LogP contribution >= 0.6 is 0 Å². The molecule has 0 spiro atoms. The van der Waals surface area contributed by atoms with Crippen LogP contribution in [0, 0.1) is 6.07 Å². The summed E-state index contributed by atoms with van der Waals surface area (Å²) in [4.78, 5) is 7.70. The van der Waals surface area contributed by atoms with Crippen molar-refractivity contribution >= 4 is 0 Å². The molecule has 0 bridgehead atoms. The second-order valence-corrected chi connectivity index (χ2v) is 1.94. The van der Waals surface area contributed by atoms with Gasteiger partial charge in [0.1, 0.15) is 6.33 Å². The Hall–Kier alpha value is -1.06. The predicted molar refractivity (Wildman–Crippen MR) is 38.0 cm³/mol. The zero-order valence-electron chi connectivity index (χ0n) is 6.01. The fraction of sp³-hybridized carbons (Fsp3) is 0. The minimum absolute atomic E-state index is 0. The maximum absolute atomic E-state index is 3.98. The number of rotatable bonds is 1. The number of hydrogen-bond donors (Lipinski definition) is 0. The van der Waals surface area contributed by atoms with Gasteiger partial charge in [0.25, 0.3) is 0 Å². The monoisotopic (exact) mass is 338 g/mol. The van der Waals surface area contributed by atoms with E-state index < -0.39 is 0 Å². The molecule has 63 valence electrons. The normalized spacial score (nSPS) is 9.00. The van der Waals surface area contributed by atoms with E-state index in [1.807, 2.05) is 6.07 Å². The summed E-state index contributed by atoms with van der Waals surface area (Å²) in [7, 11) is 0. The Balaban J connectivity index is 0.000000720. The van der Waals surface area contributed by atoms with Crippen LogP contribution in [0.4, 0.5) is 0 Å². The van der Waals surface area contributed by atoms with E-state index in [0.29, 0.717) is 5.82 Å². The van der Waals surface area contributed by atoms with Crippen LogP contribution in [0.25, 0.3) is 5.82 Å². The number of nitrogens with zero attached hydrogens (tertiary/aromatic N) is 4. The molecule has 2 aromatic heterocycles. The molecule has 0 N–H and O–H groups in total. The molecule has 2 aromatic rings. The molecule has 5 heteroatoms. The van der Waals surface area contributed by atoms with E-state index in [1.165, 1.54) is 6.33 Å². The molecule has 0 amide bonds. The Morgan fingerprint density at radius 2 is 2.33 bits per heavy atom. The quantitative estimate of drug-likeness (QED) is 0.710. The standard InChI is InChI=1S/C7H5N4.Ir/c1-3-10-11(5-1)7-2-4-8-6-9-7;/h1,3-6H;/q-1;. The largest absolute Gasteiger partial charge is 0.406 e. The third-order valence-electron chi connectivity index (χ3n) is 1.24. The van der Waals surface area contributed by atoms with Gasteiger partial charge in [-0.15, -0.1) is 6.20 Å². The molecule has 4 nitrogen and oxygen atoms in total. The zero-order valence-corrected chi connectivity index (χ0v) is 8.40. The molecule has 1 radical (unpaired) electrons. The van der Waals surface area contributed by atoms with Gasteiger partial charge in [-0.25, -0.2) is 0 Å². The van der Waals surface area contributed by atoms with Crippen LogP contribution in [0.5, 0.6) is 0 Å². The molecule has 2 rings (SSSR count). The molecule has 0 saturated heterocycles. The number of hydrogen-bond acceptors (Lipinski definition) is 3. The van der Waals surface area contributed by atoms with E-state index in [1.54, 1.807) is 23.3 Å². The summed E-state index contributed by atoms with van der Waals surface area (Å²) < 4.78 is 1.63. The van der Waals surface area contributed by atoms with Crippen LogP contribution in [-0.4, -0.2) is 19.7 Å². The van der Waals surface area contributed by atoms with Crippen molar-refractivity contribution < 1.29 is 20.1 Å². The van der Waals surface area contributed by atoms with Gasteiger partial charge in [-0.3, -0.25) is 14.6 Å². The van der Waals surface area contributed by atoms with E-state index in [4.69, 9.17) is 0 Å². The van der Waals surface area contributed by atoms with Crippen molar-refractivity contribution in [3.63, 3.8) is 0 Å². The van der Waals surface area contributed by atoms with Gasteiger partial charge < -0.3 is 6.07 Å². The third-order valence-corrected chi connectivity index (χ3v) is 1.24. The SMILES string of the molecule is [Ir].[c-]1cncnc1-n1cccn1. The van der Waals surface area contributed by atoms with Gasteiger partial charge in [-0.2, -0.15) is 5.10 Å². The Morgan fingerprint density at radius 3 is 2.92 bits per heavy atom. The van der Waals surface area contributed by atoms with Crippen molar-refractivity contribution in [1.82, 2.24) is 19.7 Å². The fourth-order valence-electron chi connectivity index (χ4n) is 0.773. The second kappa shape index (κ2) is 4.09. The minimum Gasteiger partial charge on any atom is -0.406 e. The van der Waals surface area contributed by atoms with Crippen LogP contribution < -0.4 is 0 Å². The first kappa shape index (κ1) is 9.03. The van der Waals surface area contributed by atoms with Gasteiger partial charge in [-0.05, 0) is 11.9 Å². The van der Waals surface area contributed by atoms with E-state index in [9.17, 15) is 0 Å². The second-order valence-electron chi connectivity index (χ2n) is 1.94. The summed E-state index contributed by atoms with van der Waals surface area (Å²) in [6.07, 6.45) is 6.52. The van der Waals surface area contributed by atoms with Gasteiger partial charge >= 0.3 is 0 Å². The van der Waals surface area contributed by atoms with Crippen LogP contribution in [0.3, 0.4) is 0 Å². The summed E-state index contributed by atoms with van der Waals surface area (Å²) in [5.74, 6) is 0.657. The first-order valence-electron chi connectivity index (χ1n) is 3.14. The van der Waals surface area contributed by atoms with E-state index in [-0.39, 0.29) is 20.1 Å². The van der Waals surface area contributed by atoms with Crippen LogP contribution in [-0.2, 0) is 20.1 Å². The Kier molecular flexibility index (Phi) is 3.08. The van der Waals surface area contributed by atoms with Crippen molar-refractivity contribution in [2.45, 2.75) is 0 Å². The fourth-order valence-corrected chi connectivity index (χ4v) is 0.773. The molecule has 0 saturated carbocycles. The van der Waals surface area contributed by atoms with Crippen molar-refractivity contribution in [3.05, 3.63) is 37.1 Å². The van der Waals surface area contributed by atoms with Crippen LogP contribution in [0.15, 0.2) is 31.0 Å². The molecule has 0 unspecified atom stereocenters. The van der Waals surface area contributed by atoms with Crippen molar-refractivity contribution in [2.24, 2.45) is 0 Å². The van der Waals surface area contributed by atoms with Crippen LogP contribution in [0.1, 0.15) is 0 Å². The van der Waals surface area contributed by atoms with E-state index >= 15 is 0 Å². The van der Waals surface area contributed by atoms with Gasteiger partial charge in [0.05, 0.1) is 0 Å². The van der Waals surface area contributed by atoms with Crippen molar-refractivity contribution in [1.29, 1.82) is 0 Å². The molecule has 0 fully saturated rings.